The summed E-state index contributed by atoms with van der Waals surface area (Å²) >= 11 is 0. The van der Waals surface area contributed by atoms with Gasteiger partial charge in [-0.3, -0.25) is 0 Å². The molecule has 0 aliphatic carbocycles. The van der Waals surface area contributed by atoms with Gasteiger partial charge in [0.2, 0.25) is 5.89 Å². The molecule has 0 amide bonds. The molecule has 1 heterocycles. The second-order valence-corrected chi connectivity index (χ2v) is 2.26. The van der Waals surface area contributed by atoms with Crippen molar-refractivity contribution in [2.45, 2.75) is 25.9 Å². The SMILES string of the molecule is CCCc1nc(C(F)(F)F)no1. The first kappa shape index (κ1) is 9.02. The normalized spacial score (nSPS) is 12.0. The first-order valence-electron chi connectivity index (χ1n) is 3.44. The molecule has 6 heteroatoms. The third-order valence-corrected chi connectivity index (χ3v) is 1.19. The van der Waals surface area contributed by atoms with Gasteiger partial charge in [0.15, 0.2) is 0 Å². The van der Waals surface area contributed by atoms with Crippen LogP contribution in [-0.4, -0.2) is 10.1 Å². The van der Waals surface area contributed by atoms with E-state index in [1.54, 1.807) is 0 Å². The largest absolute Gasteiger partial charge is 0.455 e. The zero-order valence-electron chi connectivity index (χ0n) is 6.35. The van der Waals surface area contributed by atoms with Crippen molar-refractivity contribution in [3.05, 3.63) is 11.7 Å². The van der Waals surface area contributed by atoms with E-state index in [1.165, 1.54) is 0 Å². The molecule has 12 heavy (non-hydrogen) atoms. The highest BCUT2D eigenvalue weighted by Crippen LogP contribution is 2.26. The minimum atomic E-state index is -4.50. The third kappa shape index (κ3) is 1.96. The maximum atomic E-state index is 11.9. The second-order valence-electron chi connectivity index (χ2n) is 2.26. The summed E-state index contributed by atoms with van der Waals surface area (Å²) in [5.74, 6) is -1.17. The maximum Gasteiger partial charge on any atom is 0.455 e. The Balaban J connectivity index is 2.77. The molecule has 0 fully saturated rings. The van der Waals surface area contributed by atoms with Crippen molar-refractivity contribution >= 4 is 0 Å². The predicted octanol–water partition coefficient (Wildman–Crippen LogP) is 2.04. The monoisotopic (exact) mass is 180 g/mol. The van der Waals surface area contributed by atoms with Gasteiger partial charge in [-0.1, -0.05) is 12.1 Å². The van der Waals surface area contributed by atoms with E-state index in [9.17, 15) is 13.2 Å². The van der Waals surface area contributed by atoms with Crippen LogP contribution >= 0.6 is 0 Å². The Morgan fingerprint density at radius 2 is 2.08 bits per heavy atom. The number of rotatable bonds is 2. The molecule has 1 aromatic rings. The van der Waals surface area contributed by atoms with Crippen LogP contribution in [0.2, 0.25) is 0 Å². The first-order valence-corrected chi connectivity index (χ1v) is 3.44. The predicted molar refractivity (Wildman–Crippen MR) is 33.3 cm³/mol. The van der Waals surface area contributed by atoms with Gasteiger partial charge in [-0.15, -0.1) is 0 Å². The minimum Gasteiger partial charge on any atom is -0.339 e. The quantitative estimate of drug-likeness (QED) is 0.699. The summed E-state index contributed by atoms with van der Waals surface area (Å²) in [5, 5.41) is 2.79. The van der Waals surface area contributed by atoms with Crippen LogP contribution in [0.25, 0.3) is 0 Å². The first-order chi connectivity index (χ1) is 5.54. The lowest BCUT2D eigenvalue weighted by Gasteiger charge is -1.95. The molecule has 3 nitrogen and oxygen atoms in total. The van der Waals surface area contributed by atoms with Crippen molar-refractivity contribution in [2.24, 2.45) is 0 Å². The summed E-state index contributed by atoms with van der Waals surface area (Å²) in [7, 11) is 0. The van der Waals surface area contributed by atoms with Crippen LogP contribution in [0.15, 0.2) is 4.52 Å². The van der Waals surface area contributed by atoms with Crippen molar-refractivity contribution in [3.8, 4) is 0 Å². The molecule has 0 aromatic carbocycles. The highest BCUT2D eigenvalue weighted by molar-refractivity contribution is 4.90. The summed E-state index contributed by atoms with van der Waals surface area (Å²) in [6, 6.07) is 0. The average molecular weight is 180 g/mol. The zero-order valence-corrected chi connectivity index (χ0v) is 6.35. The maximum absolute atomic E-state index is 11.9. The van der Waals surface area contributed by atoms with E-state index in [4.69, 9.17) is 0 Å². The lowest BCUT2D eigenvalue weighted by Crippen LogP contribution is -2.07. The third-order valence-electron chi connectivity index (χ3n) is 1.19. The molecule has 0 saturated carbocycles. The number of halogens is 3. The van der Waals surface area contributed by atoms with Gasteiger partial charge < -0.3 is 4.52 Å². The van der Waals surface area contributed by atoms with E-state index in [0.29, 0.717) is 12.8 Å². The molecule has 0 aliphatic heterocycles. The molecule has 68 valence electrons. The number of hydrogen-bond donors (Lipinski definition) is 0. The minimum absolute atomic E-state index is 0.0322. The van der Waals surface area contributed by atoms with Crippen LogP contribution in [0.4, 0.5) is 13.2 Å². The molecule has 0 bridgehead atoms. The topological polar surface area (TPSA) is 38.9 Å². The Bertz CT molecular complexity index is 256. The molecule has 0 aliphatic rings. The van der Waals surface area contributed by atoms with Gasteiger partial charge in [0.1, 0.15) is 0 Å². The highest BCUT2D eigenvalue weighted by atomic mass is 19.4. The van der Waals surface area contributed by atoms with Gasteiger partial charge in [-0.05, 0) is 6.42 Å². The lowest BCUT2D eigenvalue weighted by atomic mass is 10.3. The second kappa shape index (κ2) is 3.12. The van der Waals surface area contributed by atoms with Crippen LogP contribution in [-0.2, 0) is 12.6 Å². The van der Waals surface area contributed by atoms with E-state index >= 15 is 0 Å². The summed E-state index contributed by atoms with van der Waals surface area (Å²) in [5.41, 5.74) is 0. The van der Waals surface area contributed by atoms with Gasteiger partial charge in [0, 0.05) is 6.42 Å². The van der Waals surface area contributed by atoms with Gasteiger partial charge in [-0.25, -0.2) is 0 Å². The zero-order chi connectivity index (χ0) is 9.19. The summed E-state index contributed by atoms with van der Waals surface area (Å²) in [4.78, 5) is 3.17. The number of aromatic nitrogens is 2. The van der Waals surface area contributed by atoms with E-state index in [0.717, 1.165) is 0 Å². The fourth-order valence-electron chi connectivity index (χ4n) is 0.685. The van der Waals surface area contributed by atoms with Crippen LogP contribution in [0.5, 0.6) is 0 Å². The van der Waals surface area contributed by atoms with Crippen molar-refractivity contribution in [1.82, 2.24) is 10.1 Å². The molecular weight excluding hydrogens is 173 g/mol. The Kier molecular flexibility index (Phi) is 2.35. The Morgan fingerprint density at radius 1 is 1.42 bits per heavy atom. The highest BCUT2D eigenvalue weighted by Gasteiger charge is 2.36. The number of nitrogens with zero attached hydrogens (tertiary/aromatic N) is 2. The molecular formula is C6H7F3N2O. The Labute approximate surface area is 66.6 Å². The summed E-state index contributed by atoms with van der Waals surface area (Å²) in [6.45, 7) is 1.82. The molecule has 0 spiro atoms. The molecule has 1 rings (SSSR count). The van der Waals surface area contributed by atoms with Crippen molar-refractivity contribution in [3.63, 3.8) is 0 Å². The van der Waals surface area contributed by atoms with Crippen LogP contribution in [0, 0.1) is 0 Å². The van der Waals surface area contributed by atoms with E-state index in [1.807, 2.05) is 6.92 Å². The van der Waals surface area contributed by atoms with E-state index < -0.39 is 12.0 Å². The summed E-state index contributed by atoms with van der Waals surface area (Å²) < 4.78 is 39.9. The smallest absolute Gasteiger partial charge is 0.339 e. The lowest BCUT2D eigenvalue weighted by molar-refractivity contribution is -0.146. The van der Waals surface area contributed by atoms with Crippen molar-refractivity contribution < 1.29 is 17.7 Å². The molecule has 0 unspecified atom stereocenters. The van der Waals surface area contributed by atoms with Crippen LogP contribution in [0.3, 0.4) is 0 Å². The fourth-order valence-corrected chi connectivity index (χ4v) is 0.685. The van der Waals surface area contributed by atoms with Crippen LogP contribution < -0.4 is 0 Å². The molecule has 0 saturated heterocycles. The van der Waals surface area contributed by atoms with E-state index in [2.05, 4.69) is 14.7 Å². The molecule has 0 radical (unpaired) electrons. The Morgan fingerprint density at radius 3 is 2.50 bits per heavy atom. The molecule has 1 aromatic heterocycles. The molecule has 0 atom stereocenters. The summed E-state index contributed by atoms with van der Waals surface area (Å²) in [6.07, 6.45) is -3.45. The van der Waals surface area contributed by atoms with Gasteiger partial charge >= 0.3 is 6.18 Å². The van der Waals surface area contributed by atoms with Crippen molar-refractivity contribution in [1.29, 1.82) is 0 Å². The molecule has 0 N–H and O–H groups in total. The standard InChI is InChI=1S/C6H7F3N2O/c1-2-3-4-10-5(11-12-4)6(7,8)9/h2-3H2,1H3. The van der Waals surface area contributed by atoms with Gasteiger partial charge in [0.25, 0.3) is 5.82 Å². The average Bonchev–Trinajstić information content (AvgIpc) is 2.35. The fraction of sp³-hybridized carbons (Fsp3) is 0.667. The number of aryl methyl sites for hydroxylation is 1. The van der Waals surface area contributed by atoms with Gasteiger partial charge in [0.05, 0.1) is 0 Å². The van der Waals surface area contributed by atoms with Crippen molar-refractivity contribution in [2.75, 3.05) is 0 Å². The van der Waals surface area contributed by atoms with Crippen LogP contribution in [0.1, 0.15) is 25.1 Å². The van der Waals surface area contributed by atoms with E-state index in [-0.39, 0.29) is 5.89 Å². The number of alkyl halides is 3. The van der Waals surface area contributed by atoms with Gasteiger partial charge in [-0.2, -0.15) is 18.2 Å². The Hall–Kier alpha value is -1.07. The number of hydrogen-bond acceptors (Lipinski definition) is 3.